The Labute approximate surface area is 121 Å². The molecule has 0 spiro atoms. The van der Waals surface area contributed by atoms with Gasteiger partial charge in [-0.2, -0.15) is 5.26 Å². The van der Waals surface area contributed by atoms with E-state index in [4.69, 9.17) is 5.26 Å². The van der Waals surface area contributed by atoms with Crippen LogP contribution >= 0.6 is 27.3 Å². The summed E-state index contributed by atoms with van der Waals surface area (Å²) in [6.45, 7) is 0.453. The van der Waals surface area contributed by atoms with Crippen molar-refractivity contribution in [3.05, 3.63) is 55.4 Å². The van der Waals surface area contributed by atoms with Gasteiger partial charge in [-0.3, -0.25) is 10.1 Å². The first-order valence-electron chi connectivity index (χ1n) is 5.27. The average Bonchev–Trinajstić information content (AvgIpc) is 2.86. The first kappa shape index (κ1) is 13.5. The minimum Gasteiger partial charge on any atom is -0.379 e. The zero-order valence-electron chi connectivity index (χ0n) is 9.59. The Hall–Kier alpha value is -1.91. The van der Waals surface area contributed by atoms with Crippen LogP contribution in [0.2, 0.25) is 0 Å². The number of nitrogens with zero attached hydrogens (tertiary/aromatic N) is 2. The fourth-order valence-electron chi connectivity index (χ4n) is 1.51. The lowest BCUT2D eigenvalue weighted by Gasteiger charge is -2.06. The molecular weight excluding hydrogens is 330 g/mol. The molecule has 0 saturated heterocycles. The molecule has 0 radical (unpaired) electrons. The maximum atomic E-state index is 10.6. The third kappa shape index (κ3) is 3.30. The maximum Gasteiger partial charge on any atom is 0.324 e. The number of benzene rings is 1. The summed E-state index contributed by atoms with van der Waals surface area (Å²) in [5.41, 5.74) is 1.24. The molecule has 5 nitrogen and oxygen atoms in total. The number of nitriles is 1. The Morgan fingerprint density at radius 3 is 2.84 bits per heavy atom. The van der Waals surface area contributed by atoms with Crippen molar-refractivity contribution in [3.8, 4) is 6.07 Å². The fourth-order valence-corrected chi connectivity index (χ4v) is 2.63. The second kappa shape index (κ2) is 5.82. The molecule has 0 aliphatic carbocycles. The standard InChI is InChI=1S/C12H8BrN3O2S/c13-9-1-3-11(8(5-9)6-14)15-7-10-2-4-12(19-10)16(17)18/h1-5,15H,7H2. The van der Waals surface area contributed by atoms with Gasteiger partial charge in [-0.05, 0) is 24.3 Å². The molecule has 1 heterocycles. The third-order valence-corrected chi connectivity index (χ3v) is 3.91. The van der Waals surface area contributed by atoms with E-state index in [1.54, 1.807) is 18.2 Å². The van der Waals surface area contributed by atoms with E-state index < -0.39 is 4.92 Å². The minimum absolute atomic E-state index is 0.119. The van der Waals surface area contributed by atoms with Crippen molar-refractivity contribution in [1.29, 1.82) is 5.26 Å². The Morgan fingerprint density at radius 2 is 2.21 bits per heavy atom. The van der Waals surface area contributed by atoms with Crippen molar-refractivity contribution in [1.82, 2.24) is 0 Å². The van der Waals surface area contributed by atoms with Crippen LogP contribution in [0.25, 0.3) is 0 Å². The molecule has 19 heavy (non-hydrogen) atoms. The Morgan fingerprint density at radius 1 is 1.42 bits per heavy atom. The molecular formula is C12H8BrN3O2S. The van der Waals surface area contributed by atoms with Gasteiger partial charge in [-0.25, -0.2) is 0 Å². The Balaban J connectivity index is 2.10. The molecule has 1 aromatic carbocycles. The van der Waals surface area contributed by atoms with Gasteiger partial charge in [0.15, 0.2) is 0 Å². The van der Waals surface area contributed by atoms with E-state index in [1.807, 2.05) is 6.07 Å². The van der Waals surface area contributed by atoms with Crippen LogP contribution < -0.4 is 5.32 Å². The lowest BCUT2D eigenvalue weighted by molar-refractivity contribution is -0.380. The molecule has 0 bridgehead atoms. The molecule has 0 fully saturated rings. The summed E-state index contributed by atoms with van der Waals surface area (Å²) >= 11 is 4.42. The number of hydrogen-bond acceptors (Lipinski definition) is 5. The second-order valence-electron chi connectivity index (χ2n) is 3.65. The number of halogens is 1. The Kier molecular flexibility index (Phi) is 4.14. The van der Waals surface area contributed by atoms with Crippen molar-refractivity contribution < 1.29 is 4.92 Å². The van der Waals surface area contributed by atoms with Gasteiger partial charge in [0.2, 0.25) is 0 Å². The van der Waals surface area contributed by atoms with Crippen LogP contribution in [0.4, 0.5) is 10.7 Å². The quantitative estimate of drug-likeness (QED) is 0.677. The molecule has 0 amide bonds. The molecule has 7 heteroatoms. The summed E-state index contributed by atoms with van der Waals surface area (Å²) in [4.78, 5) is 11.0. The molecule has 1 aromatic heterocycles. The third-order valence-electron chi connectivity index (χ3n) is 2.38. The summed E-state index contributed by atoms with van der Waals surface area (Å²) in [7, 11) is 0. The highest BCUT2D eigenvalue weighted by atomic mass is 79.9. The first-order chi connectivity index (χ1) is 9.10. The van der Waals surface area contributed by atoms with E-state index in [-0.39, 0.29) is 5.00 Å². The normalized spacial score (nSPS) is 9.89. The monoisotopic (exact) mass is 337 g/mol. The highest BCUT2D eigenvalue weighted by molar-refractivity contribution is 9.10. The number of nitro groups is 1. The number of thiophene rings is 1. The first-order valence-corrected chi connectivity index (χ1v) is 6.87. The Bertz CT molecular complexity index is 663. The summed E-state index contributed by atoms with van der Waals surface area (Å²) in [5.74, 6) is 0. The minimum atomic E-state index is -0.408. The highest BCUT2D eigenvalue weighted by Gasteiger charge is 2.10. The number of rotatable bonds is 4. The van der Waals surface area contributed by atoms with Crippen LogP contribution in [0.15, 0.2) is 34.8 Å². The molecule has 1 N–H and O–H groups in total. The smallest absolute Gasteiger partial charge is 0.324 e. The van der Waals surface area contributed by atoms with Gasteiger partial charge in [0.1, 0.15) is 6.07 Å². The predicted molar refractivity (Wildman–Crippen MR) is 77.2 cm³/mol. The van der Waals surface area contributed by atoms with Crippen LogP contribution in [-0.2, 0) is 6.54 Å². The SMILES string of the molecule is N#Cc1cc(Br)ccc1NCc1ccc([N+](=O)[O-])s1. The lowest BCUT2D eigenvalue weighted by atomic mass is 10.2. The maximum absolute atomic E-state index is 10.6. The number of nitrogens with one attached hydrogen (secondary N) is 1. The molecule has 2 aromatic rings. The van der Waals surface area contributed by atoms with E-state index in [0.717, 1.165) is 20.7 Å². The van der Waals surface area contributed by atoms with Crippen LogP contribution in [0.1, 0.15) is 10.4 Å². The largest absolute Gasteiger partial charge is 0.379 e. The van der Waals surface area contributed by atoms with Gasteiger partial charge >= 0.3 is 5.00 Å². The number of anilines is 1. The second-order valence-corrected chi connectivity index (χ2v) is 5.71. The number of hydrogen-bond donors (Lipinski definition) is 1. The molecule has 0 saturated carbocycles. The van der Waals surface area contributed by atoms with E-state index in [1.165, 1.54) is 6.07 Å². The average molecular weight is 338 g/mol. The van der Waals surface area contributed by atoms with Gasteiger partial charge in [0.25, 0.3) is 0 Å². The summed E-state index contributed by atoms with van der Waals surface area (Å²) in [5, 5.41) is 22.8. The molecule has 0 aliphatic rings. The van der Waals surface area contributed by atoms with E-state index in [9.17, 15) is 10.1 Å². The zero-order chi connectivity index (χ0) is 13.8. The van der Waals surface area contributed by atoms with Crippen LogP contribution in [-0.4, -0.2) is 4.92 Å². The van der Waals surface area contributed by atoms with Gasteiger partial charge < -0.3 is 5.32 Å². The molecule has 0 aliphatic heterocycles. The molecule has 2 rings (SSSR count). The highest BCUT2D eigenvalue weighted by Crippen LogP contribution is 2.26. The predicted octanol–water partition coefficient (Wildman–Crippen LogP) is 3.90. The van der Waals surface area contributed by atoms with Crippen LogP contribution in [0, 0.1) is 21.4 Å². The zero-order valence-corrected chi connectivity index (χ0v) is 12.0. The van der Waals surface area contributed by atoms with Crippen molar-refractivity contribution in [2.75, 3.05) is 5.32 Å². The van der Waals surface area contributed by atoms with E-state index in [0.29, 0.717) is 17.8 Å². The van der Waals surface area contributed by atoms with E-state index in [2.05, 4.69) is 27.3 Å². The van der Waals surface area contributed by atoms with Gasteiger partial charge in [0, 0.05) is 22.0 Å². The molecule has 0 unspecified atom stereocenters. The molecule has 96 valence electrons. The van der Waals surface area contributed by atoms with Gasteiger partial charge in [-0.1, -0.05) is 27.3 Å². The lowest BCUT2D eigenvalue weighted by Crippen LogP contribution is -1.99. The van der Waals surface area contributed by atoms with Crippen molar-refractivity contribution >= 4 is 38.0 Å². The van der Waals surface area contributed by atoms with Crippen molar-refractivity contribution in [2.45, 2.75) is 6.54 Å². The van der Waals surface area contributed by atoms with Crippen molar-refractivity contribution in [3.63, 3.8) is 0 Å². The van der Waals surface area contributed by atoms with Crippen LogP contribution in [0.5, 0.6) is 0 Å². The fraction of sp³-hybridized carbons (Fsp3) is 0.0833. The van der Waals surface area contributed by atoms with Gasteiger partial charge in [-0.15, -0.1) is 0 Å². The van der Waals surface area contributed by atoms with E-state index >= 15 is 0 Å². The van der Waals surface area contributed by atoms with Crippen LogP contribution in [0.3, 0.4) is 0 Å². The van der Waals surface area contributed by atoms with Crippen molar-refractivity contribution in [2.24, 2.45) is 0 Å². The summed E-state index contributed by atoms with van der Waals surface area (Å²) < 4.78 is 0.835. The summed E-state index contributed by atoms with van der Waals surface area (Å²) in [6, 6.07) is 10.6. The summed E-state index contributed by atoms with van der Waals surface area (Å²) in [6.07, 6.45) is 0. The van der Waals surface area contributed by atoms with Gasteiger partial charge in [0.05, 0.1) is 16.2 Å². The molecule has 0 atom stereocenters. The topological polar surface area (TPSA) is 79.0 Å².